The average molecular weight is 438 g/mol. The number of amides is 1. The Balaban J connectivity index is 1.90. The molecule has 3 aromatic rings. The van der Waals surface area contributed by atoms with Gasteiger partial charge in [-0.05, 0) is 24.3 Å². The maximum absolute atomic E-state index is 12.3. The minimum Gasteiger partial charge on any atom is -0.482 e. The Morgan fingerprint density at radius 1 is 1.32 bits per heavy atom. The van der Waals surface area contributed by atoms with Crippen molar-refractivity contribution in [3.05, 3.63) is 74.0 Å². The lowest BCUT2D eigenvalue weighted by Crippen LogP contribution is -2.19. The Bertz CT molecular complexity index is 1150. The molecule has 3 rings (SSSR count). The van der Waals surface area contributed by atoms with Gasteiger partial charge in [-0.3, -0.25) is 14.9 Å². The predicted molar refractivity (Wildman–Crippen MR) is 109 cm³/mol. The van der Waals surface area contributed by atoms with E-state index in [0.717, 1.165) is 5.52 Å². The second-order valence-electron chi connectivity index (χ2n) is 5.56. The van der Waals surface area contributed by atoms with Crippen molar-refractivity contribution in [1.29, 1.82) is 0 Å². The van der Waals surface area contributed by atoms with Gasteiger partial charge in [0.25, 0.3) is 11.6 Å². The average Bonchev–Trinajstić information content (AvgIpc) is 2.97. The Labute approximate surface area is 173 Å². The molecule has 1 heterocycles. The highest BCUT2D eigenvalue weighted by Gasteiger charge is 2.13. The van der Waals surface area contributed by atoms with E-state index in [-0.39, 0.29) is 17.3 Å². The van der Waals surface area contributed by atoms with Gasteiger partial charge in [0.15, 0.2) is 11.4 Å². The van der Waals surface area contributed by atoms with E-state index < -0.39 is 10.8 Å². The van der Waals surface area contributed by atoms with Crippen LogP contribution in [0.4, 0.5) is 5.69 Å². The molecule has 10 heteroatoms. The second-order valence-corrected chi connectivity index (χ2v) is 7.41. The molecule has 0 radical (unpaired) electrons. The first kappa shape index (κ1) is 20.1. The predicted octanol–water partition coefficient (Wildman–Crippen LogP) is 4.61. The number of carbonyl (C=O) groups is 1. The lowest BCUT2D eigenvalue weighted by Gasteiger charge is -2.05. The van der Waals surface area contributed by atoms with Gasteiger partial charge < -0.3 is 9.30 Å². The van der Waals surface area contributed by atoms with Crippen molar-refractivity contribution in [3.63, 3.8) is 0 Å². The van der Waals surface area contributed by atoms with E-state index in [1.807, 2.05) is 0 Å². The molecule has 0 unspecified atom stereocenters. The number of nitrogens with zero attached hydrogens (tertiary/aromatic N) is 3. The largest absolute Gasteiger partial charge is 0.482 e. The molecule has 0 saturated heterocycles. The summed E-state index contributed by atoms with van der Waals surface area (Å²) in [6.45, 7) is 3.78. The molecule has 28 heavy (non-hydrogen) atoms. The minimum absolute atomic E-state index is 0.0295. The molecular formula is C18H13Cl2N3O4S. The molecule has 1 amide bonds. The quantitative estimate of drug-likeness (QED) is 0.320. The molecule has 0 atom stereocenters. The van der Waals surface area contributed by atoms with E-state index in [1.165, 1.54) is 29.5 Å². The van der Waals surface area contributed by atoms with Crippen LogP contribution in [0.25, 0.3) is 10.2 Å². The fourth-order valence-corrected chi connectivity index (χ4v) is 3.99. The summed E-state index contributed by atoms with van der Waals surface area (Å²) in [4.78, 5) is 27.3. The summed E-state index contributed by atoms with van der Waals surface area (Å²) in [7, 11) is 0. The third-order valence-electron chi connectivity index (χ3n) is 3.65. The standard InChI is InChI=1S/C18H13Cl2N3O4S/c1-2-7-22-14-5-4-12(23(25)26)9-16(14)28-18(22)21-17(24)10-27-15-6-3-11(19)8-13(15)20/h2-6,8-9H,1,7,10H2. The van der Waals surface area contributed by atoms with Crippen molar-refractivity contribution in [1.82, 2.24) is 4.57 Å². The third-order valence-corrected chi connectivity index (χ3v) is 5.23. The monoisotopic (exact) mass is 437 g/mol. The number of benzene rings is 2. The van der Waals surface area contributed by atoms with E-state index in [1.54, 1.807) is 28.8 Å². The topological polar surface area (TPSA) is 86.7 Å². The van der Waals surface area contributed by atoms with Gasteiger partial charge in [0.2, 0.25) is 0 Å². The van der Waals surface area contributed by atoms with E-state index >= 15 is 0 Å². The van der Waals surface area contributed by atoms with Crippen molar-refractivity contribution in [2.45, 2.75) is 6.54 Å². The van der Waals surface area contributed by atoms with E-state index in [4.69, 9.17) is 27.9 Å². The Morgan fingerprint density at radius 3 is 2.79 bits per heavy atom. The molecule has 0 spiro atoms. The van der Waals surface area contributed by atoms with E-state index in [9.17, 15) is 14.9 Å². The number of halogens is 2. The smallest absolute Gasteiger partial charge is 0.286 e. The van der Waals surface area contributed by atoms with Gasteiger partial charge in [-0.15, -0.1) is 6.58 Å². The maximum Gasteiger partial charge on any atom is 0.286 e. The van der Waals surface area contributed by atoms with Gasteiger partial charge in [0.1, 0.15) is 5.75 Å². The highest BCUT2D eigenvalue weighted by atomic mass is 35.5. The zero-order valence-corrected chi connectivity index (χ0v) is 16.6. The zero-order chi connectivity index (χ0) is 20.3. The Hall–Kier alpha value is -2.68. The van der Waals surface area contributed by atoms with Gasteiger partial charge in [0.05, 0.1) is 20.2 Å². The normalized spacial score (nSPS) is 11.6. The first-order chi connectivity index (χ1) is 13.4. The lowest BCUT2D eigenvalue weighted by atomic mass is 10.3. The minimum atomic E-state index is -0.523. The van der Waals surface area contributed by atoms with Crippen molar-refractivity contribution in [3.8, 4) is 5.75 Å². The maximum atomic E-state index is 12.3. The summed E-state index contributed by atoms with van der Waals surface area (Å²) in [5.41, 5.74) is 0.696. The van der Waals surface area contributed by atoms with Crippen molar-refractivity contribution in [2.24, 2.45) is 4.99 Å². The number of fused-ring (bicyclic) bond motifs is 1. The van der Waals surface area contributed by atoms with Crippen LogP contribution in [0.3, 0.4) is 0 Å². The Kier molecular flexibility index (Phi) is 6.13. The van der Waals surface area contributed by atoms with Crippen LogP contribution in [0.5, 0.6) is 5.75 Å². The summed E-state index contributed by atoms with van der Waals surface area (Å²) in [5, 5.41) is 11.7. The molecule has 0 bridgehead atoms. The van der Waals surface area contributed by atoms with Gasteiger partial charge in [-0.25, -0.2) is 0 Å². The number of allylic oxidation sites excluding steroid dienone is 1. The number of nitro groups is 1. The van der Waals surface area contributed by atoms with Gasteiger partial charge in [-0.2, -0.15) is 4.99 Å². The summed E-state index contributed by atoms with van der Waals surface area (Å²) in [6.07, 6.45) is 1.65. The van der Waals surface area contributed by atoms with Gasteiger partial charge >= 0.3 is 0 Å². The van der Waals surface area contributed by atoms with Crippen LogP contribution in [0.1, 0.15) is 0 Å². The number of hydrogen-bond acceptors (Lipinski definition) is 5. The molecule has 2 aromatic carbocycles. The number of hydrogen-bond donors (Lipinski definition) is 0. The number of non-ortho nitro benzene ring substituents is 1. The molecule has 1 aromatic heterocycles. The van der Waals surface area contributed by atoms with Crippen LogP contribution in [-0.4, -0.2) is 22.0 Å². The lowest BCUT2D eigenvalue weighted by molar-refractivity contribution is -0.384. The number of aromatic nitrogens is 1. The fourth-order valence-electron chi connectivity index (χ4n) is 2.44. The zero-order valence-electron chi connectivity index (χ0n) is 14.3. The number of thiazole rings is 1. The highest BCUT2D eigenvalue weighted by Crippen LogP contribution is 2.27. The van der Waals surface area contributed by atoms with Crippen molar-refractivity contribution < 1.29 is 14.5 Å². The second kappa shape index (κ2) is 8.55. The summed E-state index contributed by atoms with van der Waals surface area (Å²) in [5.74, 6) is -0.203. The molecule has 0 aliphatic rings. The highest BCUT2D eigenvalue weighted by molar-refractivity contribution is 7.16. The van der Waals surface area contributed by atoms with Crippen LogP contribution in [-0.2, 0) is 11.3 Å². The molecular weight excluding hydrogens is 425 g/mol. The molecule has 0 aliphatic heterocycles. The summed E-state index contributed by atoms with van der Waals surface area (Å²) < 4.78 is 7.80. The van der Waals surface area contributed by atoms with Crippen molar-refractivity contribution in [2.75, 3.05) is 6.61 Å². The fraction of sp³-hybridized carbons (Fsp3) is 0.111. The van der Waals surface area contributed by atoms with Crippen LogP contribution < -0.4 is 9.54 Å². The SMILES string of the molecule is C=CCn1c(=NC(=O)COc2ccc(Cl)cc2Cl)sc2cc([N+](=O)[O-])ccc21. The summed E-state index contributed by atoms with van der Waals surface area (Å²) in [6, 6.07) is 9.16. The van der Waals surface area contributed by atoms with E-state index in [2.05, 4.69) is 11.6 Å². The molecule has 144 valence electrons. The van der Waals surface area contributed by atoms with Crippen LogP contribution >= 0.6 is 34.5 Å². The van der Waals surface area contributed by atoms with E-state index in [0.29, 0.717) is 26.8 Å². The van der Waals surface area contributed by atoms with Gasteiger partial charge in [0, 0.05) is 23.7 Å². The van der Waals surface area contributed by atoms with Crippen LogP contribution in [0.2, 0.25) is 10.0 Å². The Morgan fingerprint density at radius 2 is 2.11 bits per heavy atom. The number of nitro benzene ring substituents is 1. The molecule has 0 saturated carbocycles. The van der Waals surface area contributed by atoms with Crippen LogP contribution in [0.15, 0.2) is 54.0 Å². The number of rotatable bonds is 6. The number of ether oxygens (including phenoxy) is 1. The molecule has 0 fully saturated rings. The molecule has 0 N–H and O–H groups in total. The third kappa shape index (κ3) is 4.41. The molecule has 0 aliphatic carbocycles. The van der Waals surface area contributed by atoms with Crippen molar-refractivity contribution >= 4 is 56.3 Å². The summed E-state index contributed by atoms with van der Waals surface area (Å²) >= 11 is 13.0. The number of carbonyl (C=O) groups excluding carboxylic acids is 1. The first-order valence-corrected chi connectivity index (χ1v) is 9.50. The first-order valence-electron chi connectivity index (χ1n) is 7.93. The van der Waals surface area contributed by atoms with Crippen LogP contribution in [0, 0.1) is 10.1 Å². The molecule has 7 nitrogen and oxygen atoms in total. The van der Waals surface area contributed by atoms with Gasteiger partial charge in [-0.1, -0.05) is 40.6 Å².